The van der Waals surface area contributed by atoms with Gasteiger partial charge < -0.3 is 10.1 Å². The van der Waals surface area contributed by atoms with Gasteiger partial charge in [-0.25, -0.2) is 13.6 Å². The molecule has 0 aliphatic carbocycles. The van der Waals surface area contributed by atoms with Gasteiger partial charge in [0.05, 0.1) is 7.11 Å². The zero-order chi connectivity index (χ0) is 11.3. The van der Waals surface area contributed by atoms with E-state index in [1.54, 1.807) is 0 Å². The lowest BCUT2D eigenvalue weighted by atomic mass is 10.3. The smallest absolute Gasteiger partial charge is 0.331 e. The highest BCUT2D eigenvalue weighted by Gasteiger charge is 2.00. The molecule has 0 radical (unpaired) electrons. The van der Waals surface area contributed by atoms with E-state index >= 15 is 0 Å². The Hall–Kier alpha value is -1.91. The van der Waals surface area contributed by atoms with Gasteiger partial charge in [-0.3, -0.25) is 0 Å². The summed E-state index contributed by atoms with van der Waals surface area (Å²) < 4.78 is 29.5. The molecule has 80 valence electrons. The molecule has 1 rings (SSSR count). The first-order chi connectivity index (χ1) is 7.13. The van der Waals surface area contributed by atoms with E-state index in [0.29, 0.717) is 5.69 Å². The summed E-state index contributed by atoms with van der Waals surface area (Å²) in [6.45, 7) is 0. The molecule has 15 heavy (non-hydrogen) atoms. The van der Waals surface area contributed by atoms with Crippen molar-refractivity contribution >= 4 is 11.7 Å². The molecule has 1 aromatic carbocycles. The first-order valence-corrected chi connectivity index (χ1v) is 4.09. The third-order valence-corrected chi connectivity index (χ3v) is 1.59. The fraction of sp³-hybridized carbons (Fsp3) is 0.100. The van der Waals surface area contributed by atoms with Crippen LogP contribution in [-0.4, -0.2) is 13.1 Å². The Morgan fingerprint density at radius 3 is 2.73 bits per heavy atom. The van der Waals surface area contributed by atoms with Gasteiger partial charge in [-0.15, -0.1) is 0 Å². The van der Waals surface area contributed by atoms with E-state index in [-0.39, 0.29) is 0 Å². The van der Waals surface area contributed by atoms with Crippen molar-refractivity contribution in [2.75, 3.05) is 12.4 Å². The third-order valence-electron chi connectivity index (χ3n) is 1.59. The highest BCUT2D eigenvalue weighted by molar-refractivity contribution is 5.82. The molecule has 0 amide bonds. The minimum Gasteiger partial charge on any atom is -0.466 e. The topological polar surface area (TPSA) is 38.3 Å². The lowest BCUT2D eigenvalue weighted by molar-refractivity contribution is -0.134. The summed E-state index contributed by atoms with van der Waals surface area (Å²) in [6, 6.07) is 3.32. The third kappa shape index (κ3) is 3.38. The Labute approximate surface area is 85.4 Å². The van der Waals surface area contributed by atoms with E-state index in [0.717, 1.165) is 18.2 Å². The molecule has 0 saturated carbocycles. The summed E-state index contributed by atoms with van der Waals surface area (Å²) in [5.41, 5.74) is 0.342. The quantitative estimate of drug-likeness (QED) is 0.617. The Morgan fingerprint density at radius 1 is 1.40 bits per heavy atom. The van der Waals surface area contributed by atoms with E-state index in [9.17, 15) is 13.6 Å². The summed E-state index contributed by atoms with van der Waals surface area (Å²) in [6.07, 6.45) is 2.40. The maximum atomic E-state index is 12.7. The van der Waals surface area contributed by atoms with Crippen LogP contribution in [0.15, 0.2) is 30.5 Å². The molecule has 0 unspecified atom stereocenters. The predicted octanol–water partition coefficient (Wildman–Crippen LogP) is 2.06. The fourth-order valence-corrected chi connectivity index (χ4v) is 0.860. The first kappa shape index (κ1) is 11.2. The summed E-state index contributed by atoms with van der Waals surface area (Å²) in [7, 11) is 1.24. The van der Waals surface area contributed by atoms with Crippen LogP contribution in [0.2, 0.25) is 0 Å². The van der Waals surface area contributed by atoms with Crippen molar-refractivity contribution < 1.29 is 18.3 Å². The lowest BCUT2D eigenvalue weighted by Gasteiger charge is -2.00. The van der Waals surface area contributed by atoms with Crippen LogP contribution in [0.5, 0.6) is 0 Å². The molecule has 0 aliphatic rings. The van der Waals surface area contributed by atoms with Crippen molar-refractivity contribution in [3.05, 3.63) is 42.1 Å². The first-order valence-electron chi connectivity index (χ1n) is 4.09. The summed E-state index contributed by atoms with van der Waals surface area (Å²) in [5.74, 6) is -2.41. The van der Waals surface area contributed by atoms with Gasteiger partial charge >= 0.3 is 5.97 Å². The van der Waals surface area contributed by atoms with E-state index in [2.05, 4.69) is 10.1 Å². The zero-order valence-corrected chi connectivity index (χ0v) is 7.96. The van der Waals surface area contributed by atoms with Crippen LogP contribution >= 0.6 is 0 Å². The second-order valence-electron chi connectivity index (χ2n) is 2.63. The van der Waals surface area contributed by atoms with Gasteiger partial charge in [0.15, 0.2) is 11.6 Å². The molecule has 0 aliphatic heterocycles. The average Bonchev–Trinajstić information content (AvgIpc) is 2.23. The summed E-state index contributed by atoms with van der Waals surface area (Å²) in [5, 5.41) is 2.59. The highest BCUT2D eigenvalue weighted by atomic mass is 19.2. The van der Waals surface area contributed by atoms with Crippen molar-refractivity contribution in [2.45, 2.75) is 0 Å². The van der Waals surface area contributed by atoms with Crippen LogP contribution in [-0.2, 0) is 9.53 Å². The molecular weight excluding hydrogens is 204 g/mol. The second kappa shape index (κ2) is 5.09. The van der Waals surface area contributed by atoms with Crippen molar-refractivity contribution in [1.82, 2.24) is 0 Å². The Morgan fingerprint density at radius 2 is 2.13 bits per heavy atom. The molecule has 0 saturated heterocycles. The Bertz CT molecular complexity index is 391. The summed E-state index contributed by atoms with van der Waals surface area (Å²) >= 11 is 0. The molecular formula is C10H9F2NO2. The van der Waals surface area contributed by atoms with Crippen LogP contribution in [0.3, 0.4) is 0 Å². The van der Waals surface area contributed by atoms with E-state index < -0.39 is 17.6 Å². The van der Waals surface area contributed by atoms with Crippen LogP contribution in [0.4, 0.5) is 14.5 Å². The van der Waals surface area contributed by atoms with Crippen LogP contribution < -0.4 is 5.32 Å². The standard InChI is InChI=1S/C10H9F2NO2/c1-15-10(14)4-5-13-7-2-3-8(11)9(12)6-7/h2-6,13H,1H3/b5-4+. The summed E-state index contributed by atoms with van der Waals surface area (Å²) in [4.78, 5) is 10.6. The van der Waals surface area contributed by atoms with E-state index in [4.69, 9.17) is 0 Å². The number of halogens is 2. The van der Waals surface area contributed by atoms with Crippen molar-refractivity contribution in [1.29, 1.82) is 0 Å². The highest BCUT2D eigenvalue weighted by Crippen LogP contribution is 2.12. The number of ether oxygens (including phenoxy) is 1. The average molecular weight is 213 g/mol. The number of rotatable bonds is 3. The van der Waals surface area contributed by atoms with Gasteiger partial charge in [-0.05, 0) is 12.1 Å². The SMILES string of the molecule is COC(=O)/C=C/Nc1ccc(F)c(F)c1. The van der Waals surface area contributed by atoms with Crippen LogP contribution in [0.1, 0.15) is 0 Å². The van der Waals surface area contributed by atoms with Crippen molar-refractivity contribution in [2.24, 2.45) is 0 Å². The maximum Gasteiger partial charge on any atom is 0.331 e. The molecule has 0 fully saturated rings. The molecule has 0 bridgehead atoms. The van der Waals surface area contributed by atoms with Crippen LogP contribution in [0, 0.1) is 11.6 Å². The van der Waals surface area contributed by atoms with Gasteiger partial charge in [0.2, 0.25) is 0 Å². The molecule has 0 atom stereocenters. The maximum absolute atomic E-state index is 12.7. The van der Waals surface area contributed by atoms with E-state index in [1.165, 1.54) is 19.4 Å². The van der Waals surface area contributed by atoms with Gasteiger partial charge in [0.25, 0.3) is 0 Å². The minimum absolute atomic E-state index is 0.342. The number of methoxy groups -OCH3 is 1. The van der Waals surface area contributed by atoms with Crippen molar-refractivity contribution in [3.8, 4) is 0 Å². The molecule has 0 spiro atoms. The normalized spacial score (nSPS) is 10.3. The number of carbonyl (C=O) groups is 1. The molecule has 1 N–H and O–H groups in total. The molecule has 5 heteroatoms. The zero-order valence-electron chi connectivity index (χ0n) is 7.96. The van der Waals surface area contributed by atoms with Gasteiger partial charge in [-0.1, -0.05) is 0 Å². The number of hydrogen-bond acceptors (Lipinski definition) is 3. The second-order valence-corrected chi connectivity index (χ2v) is 2.63. The fourth-order valence-electron chi connectivity index (χ4n) is 0.860. The van der Waals surface area contributed by atoms with Gasteiger partial charge in [-0.2, -0.15) is 0 Å². The minimum atomic E-state index is -0.952. The largest absolute Gasteiger partial charge is 0.466 e. The number of anilines is 1. The molecule has 1 aromatic rings. The monoisotopic (exact) mass is 213 g/mol. The number of esters is 1. The van der Waals surface area contributed by atoms with Gasteiger partial charge in [0.1, 0.15) is 0 Å². The molecule has 0 heterocycles. The van der Waals surface area contributed by atoms with Crippen LogP contribution in [0.25, 0.3) is 0 Å². The van der Waals surface area contributed by atoms with E-state index in [1.807, 2.05) is 0 Å². The van der Waals surface area contributed by atoms with Crippen molar-refractivity contribution in [3.63, 3.8) is 0 Å². The number of carbonyl (C=O) groups excluding carboxylic acids is 1. The predicted molar refractivity (Wildman–Crippen MR) is 51.1 cm³/mol. The lowest BCUT2D eigenvalue weighted by Crippen LogP contribution is -1.97. The Balaban J connectivity index is 2.62. The van der Waals surface area contributed by atoms with Gasteiger partial charge in [0, 0.05) is 24.0 Å². The number of hydrogen-bond donors (Lipinski definition) is 1. The number of nitrogens with one attached hydrogen (secondary N) is 1. The molecule has 0 aromatic heterocycles. The number of benzene rings is 1. The molecule has 3 nitrogen and oxygen atoms in total. The Kier molecular flexibility index (Phi) is 3.79.